The average molecular weight is 597 g/mol. The van der Waals surface area contributed by atoms with Crippen molar-refractivity contribution in [3.63, 3.8) is 0 Å². The molecule has 5 rings (SSSR count). The van der Waals surface area contributed by atoms with Crippen LogP contribution in [0, 0.1) is 0 Å². The predicted octanol–water partition coefficient (Wildman–Crippen LogP) is 6.12. The number of hydrogen-bond donors (Lipinski definition) is 3. The molecule has 3 N–H and O–H groups in total. The van der Waals surface area contributed by atoms with Gasteiger partial charge in [0.2, 0.25) is 0 Å². The monoisotopic (exact) mass is 596 g/mol. The molecule has 0 aliphatic rings. The highest BCUT2D eigenvalue weighted by atomic mass is 35.5. The normalized spacial score (nSPS) is 10.8. The van der Waals surface area contributed by atoms with Gasteiger partial charge < -0.3 is 15.4 Å². The molecule has 42 heavy (non-hydrogen) atoms. The summed E-state index contributed by atoms with van der Waals surface area (Å²) in [5.74, 6) is -2.76. The number of benzene rings is 4. The van der Waals surface area contributed by atoms with Gasteiger partial charge in [-0.3, -0.25) is 14.4 Å². The molecule has 0 aliphatic carbocycles. The smallest absolute Gasteiger partial charge is 0.355 e. The Morgan fingerprint density at radius 1 is 0.762 bits per heavy atom. The van der Waals surface area contributed by atoms with E-state index in [1.165, 1.54) is 29.7 Å². The number of nitrogens with zero attached hydrogens (tertiary/aromatic N) is 1. The third-order valence-corrected chi connectivity index (χ3v) is 7.50. The highest BCUT2D eigenvalue weighted by Gasteiger charge is 2.19. The topological polar surface area (TPSA) is 126 Å². The number of hydrazone groups is 1. The van der Waals surface area contributed by atoms with Gasteiger partial charge in [0.1, 0.15) is 10.6 Å². The SMILES string of the molecule is O=C(N/N=C\c1ccc(OC(=O)c2sc3ccccc3c2Cl)cc1)C(=O)Nc1ccccc1C(=O)Nc1ccccc1. The van der Waals surface area contributed by atoms with E-state index in [0.717, 1.165) is 10.1 Å². The van der Waals surface area contributed by atoms with Gasteiger partial charge in [-0.2, -0.15) is 5.10 Å². The second-order valence-corrected chi connectivity index (χ2v) is 10.1. The van der Waals surface area contributed by atoms with E-state index in [9.17, 15) is 19.2 Å². The summed E-state index contributed by atoms with van der Waals surface area (Å²) in [6, 6.07) is 28.9. The number of ether oxygens (including phenoxy) is 1. The van der Waals surface area contributed by atoms with Crippen LogP contribution in [0.1, 0.15) is 25.6 Å². The van der Waals surface area contributed by atoms with Gasteiger partial charge in [0.15, 0.2) is 0 Å². The summed E-state index contributed by atoms with van der Waals surface area (Å²) < 4.78 is 6.33. The number of thiophene rings is 1. The van der Waals surface area contributed by atoms with Crippen molar-refractivity contribution in [1.82, 2.24) is 5.43 Å². The Kier molecular flexibility index (Phi) is 8.67. The van der Waals surface area contributed by atoms with Crippen LogP contribution in [-0.4, -0.2) is 29.9 Å². The van der Waals surface area contributed by atoms with E-state index in [2.05, 4.69) is 21.2 Å². The van der Waals surface area contributed by atoms with Crippen molar-refractivity contribution in [2.75, 3.05) is 10.6 Å². The molecular formula is C31H21ClN4O5S. The van der Waals surface area contributed by atoms with Gasteiger partial charge in [0, 0.05) is 15.8 Å². The number of anilines is 2. The molecule has 0 saturated heterocycles. The molecule has 5 aromatic rings. The van der Waals surface area contributed by atoms with Crippen LogP contribution in [0.15, 0.2) is 108 Å². The summed E-state index contributed by atoms with van der Waals surface area (Å²) in [7, 11) is 0. The average Bonchev–Trinajstić information content (AvgIpc) is 3.35. The molecule has 0 aliphatic heterocycles. The van der Waals surface area contributed by atoms with Crippen molar-refractivity contribution in [1.29, 1.82) is 0 Å². The fraction of sp³-hybridized carbons (Fsp3) is 0. The second kappa shape index (κ2) is 12.9. The molecule has 208 valence electrons. The summed E-state index contributed by atoms with van der Waals surface area (Å²) in [6.07, 6.45) is 1.32. The van der Waals surface area contributed by atoms with Gasteiger partial charge in [0.05, 0.1) is 22.5 Å². The van der Waals surface area contributed by atoms with Crippen molar-refractivity contribution >= 4 is 74.3 Å². The first-order chi connectivity index (χ1) is 20.4. The molecule has 0 unspecified atom stereocenters. The number of nitrogens with one attached hydrogen (secondary N) is 3. The number of para-hydroxylation sites is 2. The Balaban J connectivity index is 1.15. The molecule has 1 aromatic heterocycles. The van der Waals surface area contributed by atoms with Crippen molar-refractivity contribution < 1.29 is 23.9 Å². The Bertz CT molecular complexity index is 1820. The number of esters is 1. The van der Waals surface area contributed by atoms with Crippen LogP contribution in [0.3, 0.4) is 0 Å². The molecule has 0 spiro atoms. The predicted molar refractivity (Wildman–Crippen MR) is 163 cm³/mol. The molecule has 9 nitrogen and oxygen atoms in total. The second-order valence-electron chi connectivity index (χ2n) is 8.72. The number of carbonyl (C=O) groups excluding carboxylic acids is 4. The zero-order valence-electron chi connectivity index (χ0n) is 21.7. The molecule has 1 heterocycles. The third-order valence-electron chi connectivity index (χ3n) is 5.85. The van der Waals surface area contributed by atoms with Gasteiger partial charge in [0.25, 0.3) is 5.91 Å². The maximum atomic E-state index is 12.7. The fourth-order valence-corrected chi connectivity index (χ4v) is 5.21. The first kappa shape index (κ1) is 28.2. The largest absolute Gasteiger partial charge is 0.422 e. The third kappa shape index (κ3) is 6.69. The van der Waals surface area contributed by atoms with Crippen LogP contribution in [0.2, 0.25) is 5.02 Å². The number of fused-ring (bicyclic) bond motifs is 1. The van der Waals surface area contributed by atoms with Crippen molar-refractivity contribution in [3.05, 3.63) is 124 Å². The first-order valence-electron chi connectivity index (χ1n) is 12.5. The van der Waals surface area contributed by atoms with E-state index < -0.39 is 23.7 Å². The van der Waals surface area contributed by atoms with Crippen molar-refractivity contribution in [2.24, 2.45) is 5.10 Å². The molecule has 4 aromatic carbocycles. The van der Waals surface area contributed by atoms with Crippen LogP contribution in [0.5, 0.6) is 5.75 Å². The maximum Gasteiger partial charge on any atom is 0.355 e. The number of carbonyl (C=O) groups is 4. The van der Waals surface area contributed by atoms with Gasteiger partial charge in [-0.05, 0) is 60.2 Å². The molecule has 0 radical (unpaired) electrons. The lowest BCUT2D eigenvalue weighted by Gasteiger charge is -2.11. The van der Waals surface area contributed by atoms with E-state index in [-0.39, 0.29) is 11.3 Å². The lowest BCUT2D eigenvalue weighted by molar-refractivity contribution is -0.136. The summed E-state index contributed by atoms with van der Waals surface area (Å²) in [5, 5.41) is 10.1. The Morgan fingerprint density at radius 3 is 2.21 bits per heavy atom. The number of amides is 3. The molecule has 0 fully saturated rings. The minimum absolute atomic E-state index is 0.164. The zero-order chi connectivity index (χ0) is 29.5. The molecule has 11 heteroatoms. The lowest BCUT2D eigenvalue weighted by Crippen LogP contribution is -2.33. The van der Waals surface area contributed by atoms with Crippen molar-refractivity contribution in [3.8, 4) is 5.75 Å². The summed E-state index contributed by atoms with van der Waals surface area (Å²) in [5.41, 5.74) is 3.65. The van der Waals surface area contributed by atoms with Gasteiger partial charge in [-0.15, -0.1) is 11.3 Å². The van der Waals surface area contributed by atoms with E-state index in [1.54, 1.807) is 60.7 Å². The number of halogens is 1. The molecule has 0 atom stereocenters. The molecule has 3 amide bonds. The minimum atomic E-state index is -1.03. The summed E-state index contributed by atoms with van der Waals surface area (Å²) >= 11 is 7.61. The van der Waals surface area contributed by atoms with Gasteiger partial charge in [-0.1, -0.05) is 60.1 Å². The van der Waals surface area contributed by atoms with Crippen LogP contribution >= 0.6 is 22.9 Å². The van der Waals surface area contributed by atoms with E-state index in [4.69, 9.17) is 16.3 Å². The quantitative estimate of drug-likeness (QED) is 0.0686. The first-order valence-corrected chi connectivity index (χ1v) is 13.7. The maximum absolute atomic E-state index is 12.7. The number of hydrogen-bond acceptors (Lipinski definition) is 7. The van der Waals surface area contributed by atoms with Gasteiger partial charge >= 0.3 is 17.8 Å². The molecule has 0 saturated carbocycles. The standard InChI is InChI=1S/C31H21ClN4O5S/c32-26-23-11-5-7-13-25(23)42-27(26)31(40)41-21-16-14-19(15-17-21)18-33-36-30(39)29(38)35-24-12-6-4-10-22(24)28(37)34-20-8-2-1-3-9-20/h1-18H,(H,34,37)(H,35,38)(H,36,39)/b33-18-. The molecule has 0 bridgehead atoms. The van der Waals surface area contributed by atoms with Crippen LogP contribution in [0.4, 0.5) is 11.4 Å². The highest BCUT2D eigenvalue weighted by molar-refractivity contribution is 7.21. The Morgan fingerprint density at radius 2 is 1.45 bits per heavy atom. The van der Waals surface area contributed by atoms with E-state index in [1.807, 2.05) is 30.3 Å². The van der Waals surface area contributed by atoms with E-state index >= 15 is 0 Å². The summed E-state index contributed by atoms with van der Waals surface area (Å²) in [6.45, 7) is 0. The number of rotatable bonds is 7. The van der Waals surface area contributed by atoms with Gasteiger partial charge in [-0.25, -0.2) is 10.2 Å². The van der Waals surface area contributed by atoms with Crippen LogP contribution in [-0.2, 0) is 9.59 Å². The summed E-state index contributed by atoms with van der Waals surface area (Å²) in [4.78, 5) is 50.4. The van der Waals surface area contributed by atoms with Crippen molar-refractivity contribution in [2.45, 2.75) is 0 Å². The van der Waals surface area contributed by atoms with Crippen LogP contribution in [0.25, 0.3) is 10.1 Å². The highest BCUT2D eigenvalue weighted by Crippen LogP contribution is 2.35. The minimum Gasteiger partial charge on any atom is -0.422 e. The van der Waals surface area contributed by atoms with E-state index in [0.29, 0.717) is 26.9 Å². The molecular weight excluding hydrogens is 576 g/mol. The van der Waals surface area contributed by atoms with Crippen LogP contribution < -0.4 is 20.8 Å². The Hall–Kier alpha value is -5.32. The zero-order valence-corrected chi connectivity index (χ0v) is 23.2. The Labute approximate surface area is 248 Å². The fourth-order valence-electron chi connectivity index (χ4n) is 3.83. The lowest BCUT2D eigenvalue weighted by atomic mass is 10.1.